The summed E-state index contributed by atoms with van der Waals surface area (Å²) in [5.74, 6) is -0.302. The molecule has 0 amide bonds. The minimum Gasteiger partial charge on any atom is -0.468 e. The molecule has 0 saturated heterocycles. The lowest BCUT2D eigenvalue weighted by Crippen LogP contribution is -2.31. The zero-order valence-corrected chi connectivity index (χ0v) is 12.9. The number of nitrogens with one attached hydrogen (secondary N) is 1. The van der Waals surface area contributed by atoms with Crippen LogP contribution >= 0.6 is 22.9 Å². The van der Waals surface area contributed by atoms with Crippen molar-refractivity contribution < 1.29 is 9.53 Å². The van der Waals surface area contributed by atoms with Gasteiger partial charge in [-0.25, -0.2) is 4.79 Å². The van der Waals surface area contributed by atoms with Crippen LogP contribution in [0.1, 0.15) is 30.1 Å². The molecule has 3 nitrogen and oxygen atoms in total. The monoisotopic (exact) mass is 309 g/mol. The normalized spacial score (nSPS) is 13.8. The predicted molar refractivity (Wildman–Crippen MR) is 82.1 cm³/mol. The molecule has 2 rings (SSSR count). The molecule has 0 aliphatic rings. The lowest BCUT2D eigenvalue weighted by Gasteiger charge is -2.21. The van der Waals surface area contributed by atoms with Crippen molar-refractivity contribution in [2.45, 2.75) is 19.0 Å². The van der Waals surface area contributed by atoms with Crippen LogP contribution in [0.2, 0.25) is 4.34 Å². The summed E-state index contributed by atoms with van der Waals surface area (Å²) in [6.07, 6.45) is 0. The number of benzene rings is 1. The molecule has 0 aliphatic carbocycles. The van der Waals surface area contributed by atoms with E-state index in [0.29, 0.717) is 0 Å². The highest BCUT2D eigenvalue weighted by Crippen LogP contribution is 2.27. The van der Waals surface area contributed by atoms with E-state index in [9.17, 15) is 4.79 Å². The van der Waals surface area contributed by atoms with Crippen molar-refractivity contribution >= 4 is 28.9 Å². The molecular formula is C15H16ClNO2S. The first-order valence-electron chi connectivity index (χ1n) is 6.24. The summed E-state index contributed by atoms with van der Waals surface area (Å²) in [5, 5.41) is 5.27. The summed E-state index contributed by atoms with van der Waals surface area (Å²) >= 11 is 7.43. The molecule has 106 valence electrons. The lowest BCUT2D eigenvalue weighted by molar-refractivity contribution is -0.143. The van der Waals surface area contributed by atoms with Crippen molar-refractivity contribution in [1.82, 2.24) is 5.32 Å². The Morgan fingerprint density at radius 2 is 2.00 bits per heavy atom. The van der Waals surface area contributed by atoms with Crippen LogP contribution < -0.4 is 5.32 Å². The van der Waals surface area contributed by atoms with Gasteiger partial charge in [0.05, 0.1) is 11.4 Å². The van der Waals surface area contributed by atoms with E-state index in [4.69, 9.17) is 16.3 Å². The van der Waals surface area contributed by atoms with Crippen molar-refractivity contribution in [3.63, 3.8) is 0 Å². The van der Waals surface area contributed by atoms with Crippen LogP contribution in [0.25, 0.3) is 0 Å². The third-order valence-corrected chi connectivity index (χ3v) is 4.18. The number of rotatable bonds is 5. The highest BCUT2D eigenvalue weighted by molar-refractivity contribution is 7.14. The summed E-state index contributed by atoms with van der Waals surface area (Å²) in [5.41, 5.74) is 1.94. The van der Waals surface area contributed by atoms with E-state index < -0.39 is 6.04 Å². The molecule has 0 spiro atoms. The fraction of sp³-hybridized carbons (Fsp3) is 0.267. The topological polar surface area (TPSA) is 38.3 Å². The zero-order valence-electron chi connectivity index (χ0n) is 11.3. The van der Waals surface area contributed by atoms with Crippen LogP contribution in [0.15, 0.2) is 41.8 Å². The largest absolute Gasteiger partial charge is 0.468 e. The van der Waals surface area contributed by atoms with Gasteiger partial charge in [0.25, 0.3) is 0 Å². The quantitative estimate of drug-likeness (QED) is 0.849. The number of halogens is 1. The molecule has 20 heavy (non-hydrogen) atoms. The minimum atomic E-state index is -0.491. The van der Waals surface area contributed by atoms with Gasteiger partial charge in [-0.3, -0.25) is 5.32 Å². The van der Waals surface area contributed by atoms with Gasteiger partial charge in [-0.05, 0) is 29.5 Å². The summed E-state index contributed by atoms with van der Waals surface area (Å²) in [6, 6.07) is 10.9. The second kappa shape index (κ2) is 6.88. The van der Waals surface area contributed by atoms with Crippen LogP contribution in [0, 0.1) is 0 Å². The summed E-state index contributed by atoms with van der Waals surface area (Å²) in [6.45, 7) is 2.00. The van der Waals surface area contributed by atoms with Gasteiger partial charge in [-0.2, -0.15) is 0 Å². The third-order valence-electron chi connectivity index (χ3n) is 3.07. The fourth-order valence-corrected chi connectivity index (χ4v) is 2.94. The Bertz CT molecular complexity index is 570. The Hall–Kier alpha value is -1.36. The Labute approximate surface area is 127 Å². The van der Waals surface area contributed by atoms with E-state index in [2.05, 4.69) is 5.32 Å². The van der Waals surface area contributed by atoms with E-state index in [1.54, 1.807) is 0 Å². The standard InChI is InChI=1S/C15H16ClNO2S/c1-10(12-8-13(16)20-9-12)17-14(15(18)19-2)11-6-4-3-5-7-11/h3-10,14,17H,1-2H3. The number of carbonyl (C=O) groups excluding carboxylic acids is 1. The predicted octanol–water partition coefficient (Wildman–Crippen LogP) is 3.97. The first-order valence-corrected chi connectivity index (χ1v) is 7.50. The summed E-state index contributed by atoms with van der Waals surface area (Å²) < 4.78 is 5.62. The second-order valence-electron chi connectivity index (χ2n) is 4.44. The Balaban J connectivity index is 2.18. The number of esters is 1. The number of hydrogen-bond donors (Lipinski definition) is 1. The van der Waals surface area contributed by atoms with Gasteiger partial charge in [0.1, 0.15) is 6.04 Å². The molecule has 2 aromatic rings. The van der Waals surface area contributed by atoms with Crippen molar-refractivity contribution in [3.05, 3.63) is 57.2 Å². The Morgan fingerprint density at radius 3 is 2.55 bits per heavy atom. The summed E-state index contributed by atoms with van der Waals surface area (Å²) in [7, 11) is 1.39. The van der Waals surface area contributed by atoms with Gasteiger partial charge in [-0.1, -0.05) is 41.9 Å². The smallest absolute Gasteiger partial charge is 0.327 e. The molecular weight excluding hydrogens is 294 g/mol. The summed E-state index contributed by atoms with van der Waals surface area (Å²) in [4.78, 5) is 12.0. The van der Waals surface area contributed by atoms with Gasteiger partial charge >= 0.3 is 5.97 Å². The average molecular weight is 310 g/mol. The van der Waals surface area contributed by atoms with E-state index in [1.807, 2.05) is 48.7 Å². The first kappa shape index (κ1) is 15.0. The zero-order chi connectivity index (χ0) is 14.5. The third kappa shape index (κ3) is 3.60. The maximum Gasteiger partial charge on any atom is 0.327 e. The van der Waals surface area contributed by atoms with E-state index >= 15 is 0 Å². The van der Waals surface area contributed by atoms with Gasteiger partial charge in [0.2, 0.25) is 0 Å². The Morgan fingerprint density at radius 1 is 1.30 bits per heavy atom. The van der Waals surface area contributed by atoms with Crippen molar-refractivity contribution in [2.24, 2.45) is 0 Å². The fourth-order valence-electron chi connectivity index (χ4n) is 1.96. The first-order chi connectivity index (χ1) is 9.61. The van der Waals surface area contributed by atoms with Crippen LogP contribution in [0.5, 0.6) is 0 Å². The maximum absolute atomic E-state index is 12.0. The molecule has 1 N–H and O–H groups in total. The number of hydrogen-bond acceptors (Lipinski definition) is 4. The van der Waals surface area contributed by atoms with Crippen LogP contribution in [-0.2, 0) is 9.53 Å². The molecule has 1 aromatic carbocycles. The van der Waals surface area contributed by atoms with Gasteiger partial charge in [0.15, 0.2) is 0 Å². The van der Waals surface area contributed by atoms with E-state index in [1.165, 1.54) is 18.4 Å². The maximum atomic E-state index is 12.0. The van der Waals surface area contributed by atoms with E-state index in [0.717, 1.165) is 15.5 Å². The molecule has 2 atom stereocenters. The van der Waals surface area contributed by atoms with Gasteiger partial charge in [0, 0.05) is 6.04 Å². The van der Waals surface area contributed by atoms with Crippen molar-refractivity contribution in [2.75, 3.05) is 7.11 Å². The lowest BCUT2D eigenvalue weighted by atomic mass is 10.0. The molecule has 0 bridgehead atoms. The molecule has 0 fully saturated rings. The molecule has 0 aliphatic heterocycles. The van der Waals surface area contributed by atoms with E-state index in [-0.39, 0.29) is 12.0 Å². The van der Waals surface area contributed by atoms with Gasteiger partial charge in [-0.15, -0.1) is 11.3 Å². The molecule has 0 radical (unpaired) electrons. The molecule has 5 heteroatoms. The van der Waals surface area contributed by atoms with Gasteiger partial charge < -0.3 is 4.74 Å². The Kier molecular flexibility index (Phi) is 5.17. The van der Waals surface area contributed by atoms with Crippen molar-refractivity contribution in [1.29, 1.82) is 0 Å². The average Bonchev–Trinajstić information content (AvgIpc) is 2.91. The molecule has 1 heterocycles. The second-order valence-corrected chi connectivity index (χ2v) is 5.98. The highest BCUT2D eigenvalue weighted by atomic mass is 35.5. The molecule has 2 unspecified atom stereocenters. The molecule has 0 saturated carbocycles. The SMILES string of the molecule is COC(=O)C(NC(C)c1csc(Cl)c1)c1ccccc1. The van der Waals surface area contributed by atoms with Crippen LogP contribution in [0.4, 0.5) is 0 Å². The van der Waals surface area contributed by atoms with Crippen molar-refractivity contribution in [3.8, 4) is 0 Å². The highest BCUT2D eigenvalue weighted by Gasteiger charge is 2.23. The van der Waals surface area contributed by atoms with Crippen LogP contribution in [0.3, 0.4) is 0 Å². The number of methoxy groups -OCH3 is 1. The number of ether oxygens (including phenoxy) is 1. The number of thiophene rings is 1. The molecule has 1 aromatic heterocycles. The van der Waals surface area contributed by atoms with Crippen LogP contribution in [-0.4, -0.2) is 13.1 Å². The minimum absolute atomic E-state index is 0.00283. The number of carbonyl (C=O) groups is 1.